The van der Waals surface area contributed by atoms with Crippen molar-refractivity contribution in [1.29, 1.82) is 0 Å². The molecule has 0 amide bonds. The van der Waals surface area contributed by atoms with Crippen LogP contribution < -0.4 is 10.5 Å². The monoisotopic (exact) mass is 369 g/mol. The fourth-order valence-corrected chi connectivity index (χ4v) is 2.77. The van der Waals surface area contributed by atoms with Crippen molar-refractivity contribution in [2.45, 2.75) is 32.7 Å². The van der Waals surface area contributed by atoms with Crippen LogP contribution in [0.15, 0.2) is 57.7 Å². The second-order valence-electron chi connectivity index (χ2n) is 6.57. The molecule has 0 fully saturated rings. The molecule has 0 aliphatic carbocycles. The number of ether oxygens (including phenoxy) is 2. The highest BCUT2D eigenvalue weighted by Crippen LogP contribution is 2.18. The Bertz CT molecular complexity index is 953. The van der Waals surface area contributed by atoms with Crippen LogP contribution >= 0.6 is 0 Å². The average molecular weight is 369 g/mol. The smallest absolute Gasteiger partial charge is 0.419 e. The van der Waals surface area contributed by atoms with E-state index in [0.717, 1.165) is 5.52 Å². The molecule has 0 saturated heterocycles. The van der Waals surface area contributed by atoms with Gasteiger partial charge in [0.2, 0.25) is 0 Å². The van der Waals surface area contributed by atoms with Gasteiger partial charge >= 0.3 is 11.7 Å². The number of para-hydroxylation sites is 2. The number of hydrogen-bond acceptors (Lipinski definition) is 5. The molecule has 0 spiro atoms. The molecule has 0 saturated carbocycles. The molecule has 0 N–H and O–H groups in total. The Balaban J connectivity index is 1.42. The summed E-state index contributed by atoms with van der Waals surface area (Å²) in [5, 5.41) is 0. The Labute approximate surface area is 157 Å². The molecule has 3 aromatic rings. The third-order valence-electron chi connectivity index (χ3n) is 4.27. The third kappa shape index (κ3) is 4.78. The van der Waals surface area contributed by atoms with Crippen LogP contribution in [0.5, 0.6) is 5.75 Å². The van der Waals surface area contributed by atoms with E-state index in [9.17, 15) is 9.59 Å². The maximum atomic E-state index is 11.9. The summed E-state index contributed by atoms with van der Waals surface area (Å²) in [6, 6.07) is 14.9. The summed E-state index contributed by atoms with van der Waals surface area (Å²) < 4.78 is 17.3. The van der Waals surface area contributed by atoms with Gasteiger partial charge < -0.3 is 13.9 Å². The first kappa shape index (κ1) is 18.8. The molecule has 0 bridgehead atoms. The van der Waals surface area contributed by atoms with Gasteiger partial charge in [-0.25, -0.2) is 9.59 Å². The van der Waals surface area contributed by atoms with E-state index in [1.54, 1.807) is 6.07 Å². The van der Waals surface area contributed by atoms with Gasteiger partial charge in [-0.15, -0.1) is 0 Å². The molecular weight excluding hydrogens is 346 g/mol. The molecule has 0 unspecified atom stereocenters. The van der Waals surface area contributed by atoms with Crippen LogP contribution in [0.1, 0.15) is 31.7 Å². The molecule has 2 aromatic carbocycles. The van der Waals surface area contributed by atoms with Gasteiger partial charge in [0.15, 0.2) is 12.2 Å². The zero-order valence-corrected chi connectivity index (χ0v) is 15.5. The van der Waals surface area contributed by atoms with E-state index in [1.807, 2.05) is 42.5 Å². The standard InChI is InChI=1S/C21H23NO5/c1-15(2)16-8-10-17(11-9-16)26-14-20(23)25-13-5-12-22-18-6-3-4-7-19(18)27-21(22)24/h3-4,6-11,15H,5,12-14H2,1-2H3. The number of aryl methyl sites for hydroxylation is 1. The van der Waals surface area contributed by atoms with Crippen LogP contribution in [0, 0.1) is 0 Å². The average Bonchev–Trinajstić information content (AvgIpc) is 2.99. The van der Waals surface area contributed by atoms with Gasteiger partial charge in [0.1, 0.15) is 5.75 Å². The lowest BCUT2D eigenvalue weighted by molar-refractivity contribution is -0.146. The summed E-state index contributed by atoms with van der Waals surface area (Å²) in [7, 11) is 0. The quantitative estimate of drug-likeness (QED) is 0.447. The molecule has 0 aliphatic heterocycles. The number of aromatic nitrogens is 1. The Morgan fingerprint density at radius 3 is 2.59 bits per heavy atom. The van der Waals surface area contributed by atoms with E-state index in [2.05, 4.69) is 13.8 Å². The summed E-state index contributed by atoms with van der Waals surface area (Å²) >= 11 is 0. The number of carbonyl (C=O) groups excluding carboxylic acids is 1. The molecule has 3 rings (SSSR count). The molecule has 1 aromatic heterocycles. The molecule has 0 aliphatic rings. The minimum Gasteiger partial charge on any atom is -0.482 e. The normalized spacial score (nSPS) is 11.1. The first-order chi connectivity index (χ1) is 13.0. The number of fused-ring (bicyclic) bond motifs is 1. The Morgan fingerprint density at radius 1 is 1.11 bits per heavy atom. The lowest BCUT2D eigenvalue weighted by atomic mass is 10.0. The molecule has 6 nitrogen and oxygen atoms in total. The number of carbonyl (C=O) groups is 1. The van der Waals surface area contributed by atoms with Crippen molar-refractivity contribution in [1.82, 2.24) is 4.57 Å². The van der Waals surface area contributed by atoms with Crippen LogP contribution in [-0.4, -0.2) is 23.8 Å². The molecular formula is C21H23NO5. The zero-order chi connectivity index (χ0) is 19.2. The zero-order valence-electron chi connectivity index (χ0n) is 15.5. The first-order valence-corrected chi connectivity index (χ1v) is 9.01. The SMILES string of the molecule is CC(C)c1ccc(OCC(=O)OCCCn2c(=O)oc3ccccc32)cc1. The fraction of sp³-hybridized carbons (Fsp3) is 0.333. The minimum absolute atomic E-state index is 0.143. The third-order valence-corrected chi connectivity index (χ3v) is 4.27. The van der Waals surface area contributed by atoms with Crippen molar-refractivity contribution >= 4 is 17.1 Å². The Hall–Kier alpha value is -3.02. The number of esters is 1. The summed E-state index contributed by atoms with van der Waals surface area (Å²) in [6.07, 6.45) is 0.512. The second-order valence-corrected chi connectivity index (χ2v) is 6.57. The largest absolute Gasteiger partial charge is 0.482 e. The predicted octanol–water partition coefficient (Wildman–Crippen LogP) is 3.73. The second kappa shape index (κ2) is 8.58. The van der Waals surface area contributed by atoms with Gasteiger partial charge in [-0.05, 0) is 42.2 Å². The van der Waals surface area contributed by atoms with Crippen molar-refractivity contribution < 1.29 is 18.7 Å². The van der Waals surface area contributed by atoms with Crippen LogP contribution in [0.4, 0.5) is 0 Å². The van der Waals surface area contributed by atoms with Gasteiger partial charge in [0.25, 0.3) is 0 Å². The number of nitrogens with zero attached hydrogens (tertiary/aromatic N) is 1. The van der Waals surface area contributed by atoms with E-state index in [1.165, 1.54) is 10.1 Å². The van der Waals surface area contributed by atoms with Gasteiger partial charge in [-0.1, -0.05) is 38.1 Å². The number of hydrogen-bond donors (Lipinski definition) is 0. The van der Waals surface area contributed by atoms with Gasteiger partial charge in [0, 0.05) is 6.54 Å². The summed E-state index contributed by atoms with van der Waals surface area (Å²) in [4.78, 5) is 23.7. The Morgan fingerprint density at radius 2 is 1.85 bits per heavy atom. The number of oxazole rings is 1. The van der Waals surface area contributed by atoms with Crippen molar-refractivity contribution in [3.63, 3.8) is 0 Å². The maximum Gasteiger partial charge on any atom is 0.419 e. The fourth-order valence-electron chi connectivity index (χ4n) is 2.77. The van der Waals surface area contributed by atoms with Crippen molar-refractivity contribution in [3.05, 3.63) is 64.6 Å². The van der Waals surface area contributed by atoms with Gasteiger partial charge in [-0.3, -0.25) is 4.57 Å². The highest BCUT2D eigenvalue weighted by Gasteiger charge is 2.09. The van der Waals surface area contributed by atoms with E-state index in [-0.39, 0.29) is 13.2 Å². The lowest BCUT2D eigenvalue weighted by Gasteiger charge is -2.09. The minimum atomic E-state index is -0.438. The van der Waals surface area contributed by atoms with Gasteiger partial charge in [-0.2, -0.15) is 0 Å². The van der Waals surface area contributed by atoms with Crippen LogP contribution in [-0.2, 0) is 16.1 Å². The predicted molar refractivity (Wildman–Crippen MR) is 102 cm³/mol. The topological polar surface area (TPSA) is 70.7 Å². The molecule has 0 radical (unpaired) electrons. The summed E-state index contributed by atoms with van der Waals surface area (Å²) in [6.45, 7) is 4.72. The molecule has 0 atom stereocenters. The van der Waals surface area contributed by atoms with E-state index >= 15 is 0 Å². The van der Waals surface area contributed by atoms with E-state index in [0.29, 0.717) is 30.2 Å². The number of benzene rings is 2. The van der Waals surface area contributed by atoms with Crippen molar-refractivity contribution in [3.8, 4) is 5.75 Å². The highest BCUT2D eigenvalue weighted by molar-refractivity contribution is 5.72. The summed E-state index contributed by atoms with van der Waals surface area (Å²) in [5.41, 5.74) is 2.50. The van der Waals surface area contributed by atoms with Crippen LogP contribution in [0.25, 0.3) is 11.1 Å². The molecule has 1 heterocycles. The number of rotatable bonds is 8. The highest BCUT2D eigenvalue weighted by atomic mass is 16.6. The first-order valence-electron chi connectivity index (χ1n) is 9.01. The van der Waals surface area contributed by atoms with Gasteiger partial charge in [0.05, 0.1) is 12.1 Å². The van der Waals surface area contributed by atoms with Crippen molar-refractivity contribution in [2.24, 2.45) is 0 Å². The van der Waals surface area contributed by atoms with E-state index in [4.69, 9.17) is 13.9 Å². The molecule has 27 heavy (non-hydrogen) atoms. The molecule has 6 heteroatoms. The van der Waals surface area contributed by atoms with Crippen LogP contribution in [0.3, 0.4) is 0 Å². The van der Waals surface area contributed by atoms with E-state index < -0.39 is 11.7 Å². The molecule has 142 valence electrons. The summed E-state index contributed by atoms with van der Waals surface area (Å²) in [5.74, 6) is 0.236. The lowest BCUT2D eigenvalue weighted by Crippen LogP contribution is -2.18. The maximum absolute atomic E-state index is 11.9. The Kier molecular flexibility index (Phi) is 5.96. The van der Waals surface area contributed by atoms with Crippen molar-refractivity contribution in [2.75, 3.05) is 13.2 Å². The van der Waals surface area contributed by atoms with Crippen LogP contribution in [0.2, 0.25) is 0 Å².